The molecule has 15 heavy (non-hydrogen) atoms. The Kier molecular flexibility index (Phi) is 3.66. The first-order chi connectivity index (χ1) is 7.09. The second-order valence-corrected chi connectivity index (χ2v) is 3.86. The molecular formula is C12H18O3. The Hall–Kier alpha value is -1.12. The lowest BCUT2D eigenvalue weighted by Crippen LogP contribution is -2.29. The Morgan fingerprint density at radius 1 is 1.40 bits per heavy atom. The zero-order valence-corrected chi connectivity index (χ0v) is 9.63. The molecule has 1 atom stereocenters. The van der Waals surface area contributed by atoms with Crippen LogP contribution in [0, 0.1) is 5.41 Å². The predicted octanol–water partition coefficient (Wildman–Crippen LogP) is 2.26. The van der Waals surface area contributed by atoms with Gasteiger partial charge in [-0.25, -0.2) is 0 Å². The van der Waals surface area contributed by atoms with Crippen LogP contribution in [0.3, 0.4) is 0 Å². The van der Waals surface area contributed by atoms with Crippen LogP contribution in [0.2, 0.25) is 0 Å². The van der Waals surface area contributed by atoms with E-state index in [-0.39, 0.29) is 5.78 Å². The summed E-state index contributed by atoms with van der Waals surface area (Å²) in [5.74, 6) is -0.518. The number of carbonyl (C=O) groups excluding carboxylic acids is 2. The van der Waals surface area contributed by atoms with Gasteiger partial charge in [0.1, 0.15) is 0 Å². The summed E-state index contributed by atoms with van der Waals surface area (Å²) in [6, 6.07) is 0. The first-order valence-corrected chi connectivity index (χ1v) is 5.50. The third-order valence-corrected chi connectivity index (χ3v) is 2.77. The van der Waals surface area contributed by atoms with E-state index >= 15 is 0 Å². The molecule has 84 valence electrons. The van der Waals surface area contributed by atoms with Gasteiger partial charge in [-0.2, -0.15) is 0 Å². The van der Waals surface area contributed by atoms with Crippen molar-refractivity contribution in [2.45, 2.75) is 40.0 Å². The van der Waals surface area contributed by atoms with Gasteiger partial charge in [0, 0.05) is 0 Å². The van der Waals surface area contributed by atoms with Crippen molar-refractivity contribution in [2.24, 2.45) is 5.41 Å². The summed E-state index contributed by atoms with van der Waals surface area (Å²) >= 11 is 0. The van der Waals surface area contributed by atoms with E-state index in [9.17, 15) is 9.59 Å². The number of hydrogen-bond donors (Lipinski definition) is 0. The number of rotatable bonds is 6. The molecule has 0 fully saturated rings. The third-order valence-electron chi connectivity index (χ3n) is 2.77. The van der Waals surface area contributed by atoms with Gasteiger partial charge >= 0.3 is 5.97 Å². The van der Waals surface area contributed by atoms with Gasteiger partial charge in [-0.3, -0.25) is 9.59 Å². The van der Waals surface area contributed by atoms with E-state index in [2.05, 4.69) is 6.92 Å². The van der Waals surface area contributed by atoms with Crippen molar-refractivity contribution in [3.8, 4) is 0 Å². The molecule has 1 unspecified atom stereocenters. The van der Waals surface area contributed by atoms with Gasteiger partial charge in [0.2, 0.25) is 0 Å². The van der Waals surface area contributed by atoms with Crippen LogP contribution in [0.15, 0.2) is 11.6 Å². The molecule has 3 heteroatoms. The molecule has 3 nitrogen and oxygen atoms in total. The summed E-state index contributed by atoms with van der Waals surface area (Å²) in [5, 5.41) is 0. The summed E-state index contributed by atoms with van der Waals surface area (Å²) < 4.78 is 4.93. The van der Waals surface area contributed by atoms with Crippen LogP contribution < -0.4 is 0 Å². The molecule has 0 aliphatic heterocycles. The number of ketones is 1. The molecule has 0 radical (unpaired) electrons. The number of carbonyl (C=O) groups is 2. The highest BCUT2D eigenvalue weighted by atomic mass is 16.5. The maximum Gasteiger partial charge on any atom is 0.327 e. The Morgan fingerprint density at radius 3 is 2.53 bits per heavy atom. The minimum atomic E-state index is -0.981. The predicted molar refractivity (Wildman–Crippen MR) is 57.4 cm³/mol. The average molecular weight is 210 g/mol. The van der Waals surface area contributed by atoms with Crippen LogP contribution in [0.25, 0.3) is 0 Å². The Bertz CT molecular complexity index is 304. The van der Waals surface area contributed by atoms with E-state index in [1.165, 1.54) is 6.92 Å². The van der Waals surface area contributed by atoms with Crippen LogP contribution in [0.5, 0.6) is 0 Å². The van der Waals surface area contributed by atoms with Crippen LogP contribution >= 0.6 is 0 Å². The molecule has 0 saturated heterocycles. The van der Waals surface area contributed by atoms with Gasteiger partial charge in [-0.1, -0.05) is 19.4 Å². The van der Waals surface area contributed by atoms with Gasteiger partial charge in [0.25, 0.3) is 0 Å². The van der Waals surface area contributed by atoms with Crippen LogP contribution in [-0.4, -0.2) is 18.4 Å². The van der Waals surface area contributed by atoms with Crippen molar-refractivity contribution in [2.75, 3.05) is 6.61 Å². The number of ether oxygens (including phenoxy) is 1. The maximum atomic E-state index is 11.6. The highest BCUT2D eigenvalue weighted by Gasteiger charge is 2.55. The fraction of sp³-hybridized carbons (Fsp3) is 0.667. The van der Waals surface area contributed by atoms with E-state index in [0.717, 1.165) is 24.8 Å². The zero-order chi connectivity index (χ0) is 11.5. The van der Waals surface area contributed by atoms with Crippen molar-refractivity contribution < 1.29 is 14.3 Å². The molecule has 1 aliphatic rings. The number of hydrogen-bond acceptors (Lipinski definition) is 3. The molecule has 0 heterocycles. The molecule has 0 aromatic carbocycles. The highest BCUT2D eigenvalue weighted by Crippen LogP contribution is 2.48. The largest absolute Gasteiger partial charge is 0.465 e. The van der Waals surface area contributed by atoms with E-state index in [4.69, 9.17) is 4.74 Å². The number of esters is 1. The molecule has 0 aromatic rings. The van der Waals surface area contributed by atoms with Gasteiger partial charge in [0.15, 0.2) is 11.2 Å². The summed E-state index contributed by atoms with van der Waals surface area (Å²) in [5.41, 5.74) is -0.0409. The summed E-state index contributed by atoms with van der Waals surface area (Å²) in [6.45, 7) is 5.61. The van der Waals surface area contributed by atoms with Gasteiger partial charge in [-0.05, 0) is 32.3 Å². The van der Waals surface area contributed by atoms with Crippen molar-refractivity contribution in [1.29, 1.82) is 0 Å². The normalized spacial score (nSPS) is 23.3. The first-order valence-electron chi connectivity index (χ1n) is 5.50. The Labute approximate surface area is 90.5 Å². The van der Waals surface area contributed by atoms with E-state index in [1.807, 2.05) is 0 Å². The third kappa shape index (κ3) is 2.11. The van der Waals surface area contributed by atoms with E-state index in [1.54, 1.807) is 13.0 Å². The van der Waals surface area contributed by atoms with Crippen LogP contribution in [0.1, 0.15) is 40.0 Å². The summed E-state index contributed by atoms with van der Waals surface area (Å²) in [6.07, 6.45) is 4.66. The summed E-state index contributed by atoms with van der Waals surface area (Å²) in [7, 11) is 0. The molecule has 1 aliphatic carbocycles. The van der Waals surface area contributed by atoms with Crippen molar-refractivity contribution in [3.05, 3.63) is 11.6 Å². The zero-order valence-electron chi connectivity index (χ0n) is 9.63. The smallest absolute Gasteiger partial charge is 0.327 e. The molecule has 0 aromatic heterocycles. The van der Waals surface area contributed by atoms with E-state index in [0.29, 0.717) is 6.61 Å². The van der Waals surface area contributed by atoms with Crippen LogP contribution in [-0.2, 0) is 14.3 Å². The lowest BCUT2D eigenvalue weighted by molar-refractivity contribution is -0.151. The average Bonchev–Trinajstić information content (AvgIpc) is 2.90. The van der Waals surface area contributed by atoms with Crippen molar-refractivity contribution in [3.63, 3.8) is 0 Å². The quantitative estimate of drug-likeness (QED) is 0.383. The van der Waals surface area contributed by atoms with Crippen molar-refractivity contribution in [1.82, 2.24) is 0 Å². The standard InChI is InChI=1S/C12H18O3/c1-4-6-7-10-8-12(10,9(3)13)11(14)15-5-2/h8H,4-7H2,1-3H3. The second-order valence-electron chi connectivity index (χ2n) is 3.86. The molecular weight excluding hydrogens is 192 g/mol. The molecule has 1 rings (SSSR count). The molecule has 0 amide bonds. The Balaban J connectivity index is 2.63. The minimum absolute atomic E-state index is 0.118. The summed E-state index contributed by atoms with van der Waals surface area (Å²) in [4.78, 5) is 23.1. The van der Waals surface area contributed by atoms with Crippen molar-refractivity contribution >= 4 is 11.8 Å². The first kappa shape index (κ1) is 12.0. The molecule has 0 N–H and O–H groups in total. The fourth-order valence-corrected chi connectivity index (χ4v) is 1.77. The van der Waals surface area contributed by atoms with Gasteiger partial charge < -0.3 is 4.74 Å². The van der Waals surface area contributed by atoms with Crippen LogP contribution in [0.4, 0.5) is 0 Å². The minimum Gasteiger partial charge on any atom is -0.465 e. The molecule has 0 bridgehead atoms. The molecule has 0 spiro atoms. The lowest BCUT2D eigenvalue weighted by Gasteiger charge is -2.13. The molecule has 0 saturated carbocycles. The maximum absolute atomic E-state index is 11.6. The SMILES string of the molecule is CCCCC1=CC1(C(C)=O)C(=O)OCC. The number of Topliss-reactive ketones (excluding diaryl/α,β-unsaturated/α-hetero) is 1. The second kappa shape index (κ2) is 4.60. The van der Waals surface area contributed by atoms with Gasteiger partial charge in [-0.15, -0.1) is 0 Å². The van der Waals surface area contributed by atoms with E-state index < -0.39 is 11.4 Å². The van der Waals surface area contributed by atoms with Gasteiger partial charge in [0.05, 0.1) is 6.61 Å². The Morgan fingerprint density at radius 2 is 2.07 bits per heavy atom. The monoisotopic (exact) mass is 210 g/mol. The highest BCUT2D eigenvalue weighted by molar-refractivity contribution is 6.13. The lowest BCUT2D eigenvalue weighted by atomic mass is 9.93. The number of unbranched alkanes of at least 4 members (excludes halogenated alkanes) is 1. The topological polar surface area (TPSA) is 43.4 Å². The fourth-order valence-electron chi connectivity index (χ4n) is 1.77.